The minimum atomic E-state index is -0.372. The summed E-state index contributed by atoms with van der Waals surface area (Å²) in [5.41, 5.74) is 0.676. The van der Waals surface area contributed by atoms with E-state index in [4.69, 9.17) is 16.3 Å². The smallest absolute Gasteiger partial charge is 0.314 e. The Morgan fingerprint density at radius 3 is 3.00 bits per heavy atom. The Kier molecular flexibility index (Phi) is 4.34. The monoisotopic (exact) mass is 333 g/mol. The van der Waals surface area contributed by atoms with Gasteiger partial charge in [0.2, 0.25) is 5.82 Å². The van der Waals surface area contributed by atoms with Crippen LogP contribution in [0.3, 0.4) is 0 Å². The number of hydrogen-bond acceptors (Lipinski definition) is 5. The number of aromatic nitrogens is 1. The summed E-state index contributed by atoms with van der Waals surface area (Å²) < 4.78 is 5.91. The molecule has 0 N–H and O–H groups in total. The van der Waals surface area contributed by atoms with Crippen LogP contribution in [0.25, 0.3) is 0 Å². The van der Waals surface area contributed by atoms with Crippen molar-refractivity contribution in [3.8, 4) is 5.75 Å². The van der Waals surface area contributed by atoms with E-state index in [9.17, 15) is 10.1 Å². The molecule has 2 aromatic rings. The Morgan fingerprint density at radius 2 is 2.26 bits per heavy atom. The molecule has 1 saturated heterocycles. The zero-order valence-electron chi connectivity index (χ0n) is 12.6. The highest BCUT2D eigenvalue weighted by molar-refractivity contribution is 6.30. The maximum atomic E-state index is 11.3. The van der Waals surface area contributed by atoms with Gasteiger partial charge >= 0.3 is 5.69 Å². The summed E-state index contributed by atoms with van der Waals surface area (Å²) in [6.07, 6.45) is 2.33. The standard InChI is InChI=1S/C16H16ClN3O3/c1-11-5-7-18-16(15(11)20(21)22)19-8-6-14(10-19)23-13-4-2-3-12(17)9-13/h2-5,7,9,14H,6,8,10H2,1H3. The lowest BCUT2D eigenvalue weighted by Gasteiger charge is -2.18. The van der Waals surface area contributed by atoms with Crippen LogP contribution in [0.2, 0.25) is 5.02 Å². The first-order valence-corrected chi connectivity index (χ1v) is 7.69. The molecule has 0 saturated carbocycles. The van der Waals surface area contributed by atoms with Crippen LogP contribution in [0.15, 0.2) is 36.5 Å². The lowest BCUT2D eigenvalue weighted by molar-refractivity contribution is -0.384. The number of ether oxygens (including phenoxy) is 1. The number of aryl methyl sites for hydroxylation is 1. The van der Waals surface area contributed by atoms with Crippen molar-refractivity contribution in [2.75, 3.05) is 18.0 Å². The molecule has 0 amide bonds. The maximum absolute atomic E-state index is 11.3. The normalized spacial score (nSPS) is 17.3. The number of rotatable bonds is 4. The average Bonchev–Trinajstić information content (AvgIpc) is 2.95. The van der Waals surface area contributed by atoms with Gasteiger partial charge in [0.25, 0.3) is 0 Å². The molecule has 23 heavy (non-hydrogen) atoms. The topological polar surface area (TPSA) is 68.5 Å². The second-order valence-corrected chi connectivity index (χ2v) is 5.93. The van der Waals surface area contributed by atoms with Gasteiger partial charge in [0, 0.05) is 29.7 Å². The Hall–Kier alpha value is -2.34. The Bertz CT molecular complexity index is 738. The van der Waals surface area contributed by atoms with E-state index >= 15 is 0 Å². The van der Waals surface area contributed by atoms with Crippen molar-refractivity contribution in [3.05, 3.63) is 57.2 Å². The van der Waals surface area contributed by atoms with Gasteiger partial charge in [-0.15, -0.1) is 0 Å². The third-order valence-electron chi connectivity index (χ3n) is 3.83. The second-order valence-electron chi connectivity index (χ2n) is 5.49. The molecule has 0 aliphatic carbocycles. The first-order valence-electron chi connectivity index (χ1n) is 7.32. The largest absolute Gasteiger partial charge is 0.488 e. The van der Waals surface area contributed by atoms with Crippen LogP contribution in [0.4, 0.5) is 11.5 Å². The molecule has 2 heterocycles. The summed E-state index contributed by atoms with van der Waals surface area (Å²) in [7, 11) is 0. The molecule has 1 aromatic carbocycles. The first-order chi connectivity index (χ1) is 11.0. The number of nitrogens with zero attached hydrogens (tertiary/aromatic N) is 3. The van der Waals surface area contributed by atoms with Crippen LogP contribution in [0, 0.1) is 17.0 Å². The van der Waals surface area contributed by atoms with Crippen molar-refractivity contribution < 1.29 is 9.66 Å². The lowest BCUT2D eigenvalue weighted by atomic mass is 10.2. The molecule has 1 aromatic heterocycles. The van der Waals surface area contributed by atoms with Crippen LogP contribution < -0.4 is 9.64 Å². The molecule has 0 bridgehead atoms. The predicted octanol–water partition coefficient (Wildman–Crippen LogP) is 3.61. The molecule has 6 nitrogen and oxygen atoms in total. The molecule has 7 heteroatoms. The number of hydrogen-bond donors (Lipinski definition) is 0. The molecule has 1 atom stereocenters. The van der Waals surface area contributed by atoms with E-state index in [0.717, 1.165) is 6.42 Å². The maximum Gasteiger partial charge on any atom is 0.314 e. The zero-order valence-corrected chi connectivity index (χ0v) is 13.4. The number of halogens is 1. The SMILES string of the molecule is Cc1ccnc(N2CCC(Oc3cccc(Cl)c3)C2)c1[N+](=O)[O-]. The number of nitro groups is 1. The summed E-state index contributed by atoms with van der Waals surface area (Å²) >= 11 is 5.95. The van der Waals surface area contributed by atoms with Crippen LogP contribution >= 0.6 is 11.6 Å². The highest BCUT2D eigenvalue weighted by Crippen LogP contribution is 2.32. The van der Waals surface area contributed by atoms with E-state index in [-0.39, 0.29) is 16.7 Å². The van der Waals surface area contributed by atoms with Gasteiger partial charge in [-0.25, -0.2) is 4.98 Å². The number of anilines is 1. The molecule has 0 spiro atoms. The van der Waals surface area contributed by atoms with E-state index in [0.29, 0.717) is 35.2 Å². The van der Waals surface area contributed by atoms with Gasteiger partial charge in [0.15, 0.2) is 0 Å². The van der Waals surface area contributed by atoms with Gasteiger partial charge in [-0.05, 0) is 31.2 Å². The van der Waals surface area contributed by atoms with E-state index in [1.165, 1.54) is 0 Å². The van der Waals surface area contributed by atoms with Crippen LogP contribution in [0.1, 0.15) is 12.0 Å². The summed E-state index contributed by atoms with van der Waals surface area (Å²) in [5, 5.41) is 11.9. The molecular weight excluding hydrogens is 318 g/mol. The van der Waals surface area contributed by atoms with E-state index in [1.807, 2.05) is 17.0 Å². The van der Waals surface area contributed by atoms with Crippen LogP contribution in [-0.2, 0) is 0 Å². The summed E-state index contributed by atoms with van der Waals surface area (Å²) in [6, 6.07) is 8.88. The summed E-state index contributed by atoms with van der Waals surface area (Å²) in [5.74, 6) is 1.11. The number of benzene rings is 1. The average molecular weight is 334 g/mol. The highest BCUT2D eigenvalue weighted by atomic mass is 35.5. The summed E-state index contributed by atoms with van der Waals surface area (Å²) in [6.45, 7) is 2.95. The van der Waals surface area contributed by atoms with Gasteiger partial charge in [-0.1, -0.05) is 17.7 Å². The molecule has 3 rings (SSSR count). The van der Waals surface area contributed by atoms with Gasteiger partial charge in [-0.3, -0.25) is 10.1 Å². The summed E-state index contributed by atoms with van der Waals surface area (Å²) in [4.78, 5) is 17.0. The fraction of sp³-hybridized carbons (Fsp3) is 0.312. The van der Waals surface area contributed by atoms with E-state index < -0.39 is 0 Å². The van der Waals surface area contributed by atoms with Gasteiger partial charge in [-0.2, -0.15) is 0 Å². The lowest BCUT2D eigenvalue weighted by Crippen LogP contribution is -2.26. The predicted molar refractivity (Wildman–Crippen MR) is 88.3 cm³/mol. The van der Waals surface area contributed by atoms with Crippen molar-refractivity contribution >= 4 is 23.1 Å². The van der Waals surface area contributed by atoms with E-state index in [2.05, 4.69) is 4.98 Å². The van der Waals surface area contributed by atoms with Crippen molar-refractivity contribution in [2.24, 2.45) is 0 Å². The van der Waals surface area contributed by atoms with Crippen molar-refractivity contribution in [1.29, 1.82) is 0 Å². The van der Waals surface area contributed by atoms with Gasteiger partial charge in [0.05, 0.1) is 11.5 Å². The Morgan fingerprint density at radius 1 is 1.43 bits per heavy atom. The molecule has 120 valence electrons. The van der Waals surface area contributed by atoms with Crippen LogP contribution in [0.5, 0.6) is 5.75 Å². The van der Waals surface area contributed by atoms with Gasteiger partial charge in [0.1, 0.15) is 11.9 Å². The Balaban J connectivity index is 1.75. The van der Waals surface area contributed by atoms with Crippen LogP contribution in [-0.4, -0.2) is 29.1 Å². The molecule has 1 fully saturated rings. The second kappa shape index (κ2) is 6.42. The molecule has 1 unspecified atom stereocenters. The Labute approximate surface area is 138 Å². The highest BCUT2D eigenvalue weighted by Gasteiger charge is 2.30. The minimum Gasteiger partial charge on any atom is -0.488 e. The van der Waals surface area contributed by atoms with Crippen molar-refractivity contribution in [3.63, 3.8) is 0 Å². The van der Waals surface area contributed by atoms with E-state index in [1.54, 1.807) is 31.3 Å². The molecule has 0 radical (unpaired) electrons. The molecule has 1 aliphatic rings. The third-order valence-corrected chi connectivity index (χ3v) is 4.07. The first kappa shape index (κ1) is 15.6. The van der Waals surface area contributed by atoms with Crippen molar-refractivity contribution in [1.82, 2.24) is 4.98 Å². The molecular formula is C16H16ClN3O3. The fourth-order valence-electron chi connectivity index (χ4n) is 2.74. The van der Waals surface area contributed by atoms with Gasteiger partial charge < -0.3 is 9.64 Å². The molecule has 1 aliphatic heterocycles. The third kappa shape index (κ3) is 3.37. The number of pyridine rings is 1. The fourth-order valence-corrected chi connectivity index (χ4v) is 2.92. The minimum absolute atomic E-state index is 0.0459. The zero-order chi connectivity index (χ0) is 16.4. The quantitative estimate of drug-likeness (QED) is 0.631. The van der Waals surface area contributed by atoms with Crippen molar-refractivity contribution in [2.45, 2.75) is 19.4 Å².